The molecular formula is C28H30ClN5O4. The molecule has 2 aromatic heterocycles. The van der Waals surface area contributed by atoms with E-state index in [1.165, 1.54) is 16.8 Å². The van der Waals surface area contributed by atoms with E-state index in [2.05, 4.69) is 29.5 Å². The number of pyridine rings is 2. The summed E-state index contributed by atoms with van der Waals surface area (Å²) in [6.45, 7) is 5.89. The molecule has 3 amide bonds. The molecule has 5 rings (SSSR count). The molecule has 9 nitrogen and oxygen atoms in total. The maximum absolute atomic E-state index is 13.5. The second-order valence-corrected chi connectivity index (χ2v) is 11.4. The molecular weight excluding hydrogens is 506 g/mol. The van der Waals surface area contributed by atoms with E-state index in [0.29, 0.717) is 41.5 Å². The number of hydrogen-bond donors (Lipinski definition) is 2. The van der Waals surface area contributed by atoms with Crippen molar-refractivity contribution in [1.29, 1.82) is 0 Å². The molecule has 0 radical (unpaired) electrons. The van der Waals surface area contributed by atoms with Gasteiger partial charge in [0.05, 0.1) is 5.56 Å². The van der Waals surface area contributed by atoms with Crippen molar-refractivity contribution in [2.45, 2.75) is 39.8 Å². The molecule has 198 valence electrons. The van der Waals surface area contributed by atoms with Gasteiger partial charge in [0, 0.05) is 42.8 Å². The van der Waals surface area contributed by atoms with Crippen molar-refractivity contribution in [3.05, 3.63) is 74.7 Å². The molecule has 38 heavy (non-hydrogen) atoms. The Bertz CT molecular complexity index is 1470. The van der Waals surface area contributed by atoms with Crippen molar-refractivity contribution in [2.75, 3.05) is 19.6 Å². The summed E-state index contributed by atoms with van der Waals surface area (Å²) in [5, 5.41) is 6.68. The summed E-state index contributed by atoms with van der Waals surface area (Å²) in [7, 11) is 0. The van der Waals surface area contributed by atoms with E-state index >= 15 is 0 Å². The zero-order chi connectivity index (χ0) is 27.0. The zero-order valence-corrected chi connectivity index (χ0v) is 22.2. The van der Waals surface area contributed by atoms with Crippen LogP contribution < -0.4 is 16.2 Å². The number of fused-ring (bicyclic) bond motifs is 1. The predicted molar refractivity (Wildman–Crippen MR) is 144 cm³/mol. The highest BCUT2D eigenvalue weighted by atomic mass is 35.5. The number of amides is 3. The first-order chi connectivity index (χ1) is 18.1. The SMILES string of the molecule is CC1(C)CN(C(=O)Cn2c(=O)c(C(=O)NCc3ccc(Cl)cc3)cc3cc(C(=O)NCC4CC4)cnc32)C1. The zero-order valence-electron chi connectivity index (χ0n) is 21.4. The van der Waals surface area contributed by atoms with Gasteiger partial charge in [0.2, 0.25) is 5.91 Å². The highest BCUT2D eigenvalue weighted by Gasteiger charge is 2.37. The minimum Gasteiger partial charge on any atom is -0.352 e. The fourth-order valence-electron chi connectivity index (χ4n) is 4.64. The normalized spacial score (nSPS) is 16.1. The van der Waals surface area contributed by atoms with Gasteiger partial charge in [-0.2, -0.15) is 0 Å². The number of aromatic nitrogens is 2. The molecule has 2 N–H and O–H groups in total. The second-order valence-electron chi connectivity index (χ2n) is 11.0. The molecule has 1 saturated heterocycles. The largest absolute Gasteiger partial charge is 0.352 e. The van der Waals surface area contributed by atoms with Crippen LogP contribution >= 0.6 is 11.6 Å². The van der Waals surface area contributed by atoms with E-state index in [9.17, 15) is 19.2 Å². The molecule has 0 spiro atoms. The van der Waals surface area contributed by atoms with Gasteiger partial charge >= 0.3 is 0 Å². The molecule has 0 unspecified atom stereocenters. The van der Waals surface area contributed by atoms with E-state index in [1.54, 1.807) is 35.2 Å². The van der Waals surface area contributed by atoms with E-state index in [4.69, 9.17) is 11.6 Å². The van der Waals surface area contributed by atoms with Crippen molar-refractivity contribution >= 4 is 40.4 Å². The minimum atomic E-state index is -0.613. The van der Waals surface area contributed by atoms with Gasteiger partial charge in [-0.3, -0.25) is 23.7 Å². The van der Waals surface area contributed by atoms with Crippen molar-refractivity contribution < 1.29 is 14.4 Å². The van der Waals surface area contributed by atoms with Crippen molar-refractivity contribution in [1.82, 2.24) is 25.1 Å². The maximum atomic E-state index is 13.5. The van der Waals surface area contributed by atoms with Crippen molar-refractivity contribution in [3.8, 4) is 0 Å². The highest BCUT2D eigenvalue weighted by Crippen LogP contribution is 2.29. The Hall–Kier alpha value is -3.72. The highest BCUT2D eigenvalue weighted by molar-refractivity contribution is 6.30. The van der Waals surface area contributed by atoms with Gasteiger partial charge in [-0.05, 0) is 54.0 Å². The van der Waals surface area contributed by atoms with E-state index in [-0.39, 0.29) is 41.5 Å². The van der Waals surface area contributed by atoms with Gasteiger partial charge < -0.3 is 15.5 Å². The molecule has 10 heteroatoms. The van der Waals surface area contributed by atoms with Gasteiger partial charge in [-0.1, -0.05) is 37.6 Å². The number of carbonyl (C=O) groups is 3. The van der Waals surface area contributed by atoms with Crippen LogP contribution in [-0.4, -0.2) is 51.8 Å². The third-order valence-electron chi connectivity index (χ3n) is 6.93. The summed E-state index contributed by atoms with van der Waals surface area (Å²) in [6, 6.07) is 10.0. The lowest BCUT2D eigenvalue weighted by molar-refractivity contribution is -0.142. The summed E-state index contributed by atoms with van der Waals surface area (Å²) >= 11 is 5.93. The molecule has 1 saturated carbocycles. The molecule has 2 aliphatic rings. The molecule has 0 bridgehead atoms. The molecule has 2 fully saturated rings. The lowest BCUT2D eigenvalue weighted by Gasteiger charge is -2.45. The quantitative estimate of drug-likeness (QED) is 0.460. The predicted octanol–water partition coefficient (Wildman–Crippen LogP) is 2.99. The van der Waals surface area contributed by atoms with Crippen LogP contribution in [0.2, 0.25) is 5.02 Å². The number of nitrogens with one attached hydrogen (secondary N) is 2. The Morgan fingerprint density at radius 3 is 2.42 bits per heavy atom. The van der Waals surface area contributed by atoms with E-state index in [0.717, 1.165) is 18.4 Å². The van der Waals surface area contributed by atoms with Crippen LogP contribution in [-0.2, 0) is 17.9 Å². The number of hydrogen-bond acceptors (Lipinski definition) is 5. The van der Waals surface area contributed by atoms with Crippen molar-refractivity contribution in [3.63, 3.8) is 0 Å². The average molecular weight is 536 g/mol. The maximum Gasteiger partial charge on any atom is 0.265 e. The fraction of sp³-hybridized carbons (Fsp3) is 0.393. The summed E-state index contributed by atoms with van der Waals surface area (Å²) < 4.78 is 1.23. The first-order valence-corrected chi connectivity index (χ1v) is 13.1. The molecule has 3 heterocycles. The summed E-state index contributed by atoms with van der Waals surface area (Å²) in [5.41, 5.74) is 0.685. The minimum absolute atomic E-state index is 0.0348. The number of carbonyl (C=O) groups excluding carboxylic acids is 3. The molecule has 0 atom stereocenters. The molecule has 1 aliphatic carbocycles. The average Bonchev–Trinajstić information content (AvgIpc) is 3.71. The molecule has 3 aromatic rings. The van der Waals surface area contributed by atoms with Crippen LogP contribution in [0.5, 0.6) is 0 Å². The van der Waals surface area contributed by atoms with Crippen molar-refractivity contribution in [2.24, 2.45) is 11.3 Å². The lowest BCUT2D eigenvalue weighted by Crippen LogP contribution is -2.56. The molecule has 1 aliphatic heterocycles. The third kappa shape index (κ3) is 5.72. The smallest absolute Gasteiger partial charge is 0.265 e. The van der Waals surface area contributed by atoms with E-state index in [1.807, 2.05) is 0 Å². The first-order valence-electron chi connectivity index (χ1n) is 12.7. The number of halogens is 1. The Morgan fingerprint density at radius 2 is 1.76 bits per heavy atom. The summed E-state index contributed by atoms with van der Waals surface area (Å²) in [4.78, 5) is 58.3. The number of benzene rings is 1. The second kappa shape index (κ2) is 10.2. The molecule has 1 aromatic carbocycles. The van der Waals surface area contributed by atoms with Gasteiger partial charge in [0.1, 0.15) is 17.8 Å². The summed E-state index contributed by atoms with van der Waals surface area (Å²) in [6.07, 6.45) is 3.62. The van der Waals surface area contributed by atoms with Crippen LogP contribution in [0, 0.1) is 11.3 Å². The summed E-state index contributed by atoms with van der Waals surface area (Å²) in [5.74, 6) is -0.552. The number of rotatable bonds is 8. The number of likely N-dealkylation sites (tertiary alicyclic amines) is 1. The van der Waals surface area contributed by atoms with Gasteiger partial charge in [0.25, 0.3) is 17.4 Å². The Morgan fingerprint density at radius 1 is 1.05 bits per heavy atom. The van der Waals surface area contributed by atoms with Crippen LogP contribution in [0.15, 0.2) is 47.4 Å². The Balaban J connectivity index is 1.45. The Kier molecular flexibility index (Phi) is 6.96. The van der Waals surface area contributed by atoms with Crippen LogP contribution in [0.25, 0.3) is 11.0 Å². The van der Waals surface area contributed by atoms with E-state index < -0.39 is 11.5 Å². The monoisotopic (exact) mass is 535 g/mol. The number of nitrogens with zero attached hydrogens (tertiary/aromatic N) is 3. The van der Waals surface area contributed by atoms with Gasteiger partial charge in [-0.25, -0.2) is 4.98 Å². The third-order valence-corrected chi connectivity index (χ3v) is 7.18. The lowest BCUT2D eigenvalue weighted by atomic mass is 9.84. The van der Waals surface area contributed by atoms with Gasteiger partial charge in [-0.15, -0.1) is 0 Å². The van der Waals surface area contributed by atoms with Crippen LogP contribution in [0.4, 0.5) is 0 Å². The topological polar surface area (TPSA) is 113 Å². The fourth-order valence-corrected chi connectivity index (χ4v) is 4.76. The standard InChI is InChI=1S/C28H30ClN5O4/c1-28(2)15-33(16-28)23(35)14-34-24-19(9-20(13-30-24)25(36)31-11-17-3-4-17)10-22(27(34)38)26(37)32-12-18-5-7-21(29)8-6-18/h5-10,13,17H,3-4,11-12,14-16H2,1-2H3,(H,31,36)(H,32,37). The van der Waals surface area contributed by atoms with Crippen LogP contribution in [0.3, 0.4) is 0 Å². The van der Waals surface area contributed by atoms with Gasteiger partial charge in [0.15, 0.2) is 0 Å². The first kappa shape index (κ1) is 25.9. The Labute approximate surface area is 225 Å². The van der Waals surface area contributed by atoms with Crippen LogP contribution in [0.1, 0.15) is 53.0 Å².